The van der Waals surface area contributed by atoms with E-state index in [1.54, 1.807) is 0 Å². The zero-order valence-electron chi connectivity index (χ0n) is 12.8. The van der Waals surface area contributed by atoms with Crippen LogP contribution in [-0.4, -0.2) is 41.0 Å². The quantitative estimate of drug-likeness (QED) is 0.766. The van der Waals surface area contributed by atoms with E-state index in [0.717, 1.165) is 18.9 Å². The molecule has 1 saturated carbocycles. The molecule has 4 unspecified atom stereocenters. The van der Waals surface area contributed by atoms with E-state index in [1.165, 1.54) is 19.3 Å². The van der Waals surface area contributed by atoms with E-state index in [2.05, 4.69) is 31.0 Å². The average Bonchev–Trinajstić information content (AvgIpc) is 3.02. The summed E-state index contributed by atoms with van der Waals surface area (Å²) in [6, 6.07) is 1.51. The Labute approximate surface area is 117 Å². The van der Waals surface area contributed by atoms with Crippen molar-refractivity contribution in [3.8, 4) is 0 Å². The van der Waals surface area contributed by atoms with Gasteiger partial charge in [0.25, 0.3) is 0 Å². The number of carbonyl (C=O) groups excluding carboxylic acids is 1. The molecule has 0 aromatic heterocycles. The number of nitrogens with one attached hydrogen (secondary N) is 1. The fourth-order valence-electron chi connectivity index (χ4n) is 3.56. The lowest BCUT2D eigenvalue weighted by Gasteiger charge is -2.36. The van der Waals surface area contributed by atoms with Gasteiger partial charge in [0, 0.05) is 24.7 Å². The standard InChI is InChI=1S/C15H29N3O/c1-10-7-11(2)18(9-10)12(3)8-15(4,14(16)19)17-13-5-6-13/h10-13,17H,5-9H2,1-4H3,(H2,16,19). The lowest BCUT2D eigenvalue weighted by atomic mass is 9.91. The number of nitrogens with two attached hydrogens (primary N) is 1. The molecular formula is C15H29N3O. The smallest absolute Gasteiger partial charge is 0.237 e. The molecule has 1 heterocycles. The third-order valence-electron chi connectivity index (χ3n) is 4.75. The first kappa shape index (κ1) is 14.8. The molecule has 1 aliphatic carbocycles. The summed E-state index contributed by atoms with van der Waals surface area (Å²) in [7, 11) is 0. The highest BCUT2D eigenvalue weighted by atomic mass is 16.1. The third-order valence-corrected chi connectivity index (χ3v) is 4.75. The Kier molecular flexibility index (Phi) is 4.21. The second kappa shape index (κ2) is 5.41. The maximum atomic E-state index is 11.8. The van der Waals surface area contributed by atoms with E-state index in [9.17, 15) is 4.79 Å². The van der Waals surface area contributed by atoms with E-state index in [1.807, 2.05) is 6.92 Å². The van der Waals surface area contributed by atoms with Crippen LogP contribution >= 0.6 is 0 Å². The average molecular weight is 267 g/mol. The van der Waals surface area contributed by atoms with Gasteiger partial charge >= 0.3 is 0 Å². The Morgan fingerprint density at radius 1 is 1.47 bits per heavy atom. The first-order valence-electron chi connectivity index (χ1n) is 7.65. The van der Waals surface area contributed by atoms with Crippen LogP contribution < -0.4 is 11.1 Å². The minimum absolute atomic E-state index is 0.217. The van der Waals surface area contributed by atoms with Crippen LogP contribution in [0.4, 0.5) is 0 Å². The Balaban J connectivity index is 1.98. The Bertz CT molecular complexity index is 342. The summed E-state index contributed by atoms with van der Waals surface area (Å²) in [5.41, 5.74) is 5.07. The van der Waals surface area contributed by atoms with E-state index in [0.29, 0.717) is 18.1 Å². The van der Waals surface area contributed by atoms with Crippen LogP contribution in [0.2, 0.25) is 0 Å². The topological polar surface area (TPSA) is 58.4 Å². The lowest BCUT2D eigenvalue weighted by Crippen LogP contribution is -2.57. The third kappa shape index (κ3) is 3.48. The molecular weight excluding hydrogens is 238 g/mol. The highest BCUT2D eigenvalue weighted by molar-refractivity contribution is 5.84. The number of nitrogens with zero attached hydrogens (tertiary/aromatic N) is 1. The minimum Gasteiger partial charge on any atom is -0.368 e. The molecule has 4 heteroatoms. The van der Waals surface area contributed by atoms with Crippen molar-refractivity contribution in [2.45, 2.75) is 77.0 Å². The second-order valence-corrected chi connectivity index (χ2v) is 7.05. The normalized spacial score (nSPS) is 33.1. The van der Waals surface area contributed by atoms with Crippen molar-refractivity contribution >= 4 is 5.91 Å². The maximum absolute atomic E-state index is 11.8. The molecule has 1 saturated heterocycles. The molecule has 2 fully saturated rings. The number of amides is 1. The molecule has 110 valence electrons. The maximum Gasteiger partial charge on any atom is 0.237 e. The predicted molar refractivity (Wildman–Crippen MR) is 77.8 cm³/mol. The van der Waals surface area contributed by atoms with Crippen molar-refractivity contribution < 1.29 is 4.79 Å². The van der Waals surface area contributed by atoms with Gasteiger partial charge in [-0.15, -0.1) is 0 Å². The number of rotatable bonds is 6. The van der Waals surface area contributed by atoms with E-state index in [4.69, 9.17) is 5.73 Å². The van der Waals surface area contributed by atoms with Crippen LogP contribution in [0.5, 0.6) is 0 Å². The molecule has 1 aliphatic heterocycles. The highest BCUT2D eigenvalue weighted by Gasteiger charge is 2.40. The number of carbonyl (C=O) groups is 1. The Morgan fingerprint density at radius 2 is 2.11 bits per heavy atom. The van der Waals surface area contributed by atoms with Gasteiger partial charge in [0.15, 0.2) is 0 Å². The van der Waals surface area contributed by atoms with Crippen LogP contribution in [0.15, 0.2) is 0 Å². The molecule has 1 amide bonds. The highest BCUT2D eigenvalue weighted by Crippen LogP contribution is 2.30. The van der Waals surface area contributed by atoms with Gasteiger partial charge in [-0.25, -0.2) is 0 Å². The van der Waals surface area contributed by atoms with Crippen LogP contribution in [0.25, 0.3) is 0 Å². The Hall–Kier alpha value is -0.610. The molecule has 0 aromatic rings. The number of hydrogen-bond acceptors (Lipinski definition) is 3. The molecule has 4 atom stereocenters. The molecule has 2 aliphatic rings. The van der Waals surface area contributed by atoms with Crippen molar-refractivity contribution in [2.75, 3.05) is 6.54 Å². The van der Waals surface area contributed by atoms with Gasteiger partial charge in [-0.3, -0.25) is 9.69 Å². The number of primary amides is 1. The number of likely N-dealkylation sites (tertiary alicyclic amines) is 1. The SMILES string of the molecule is CC1CC(C)N(C(C)CC(C)(NC2CC2)C(N)=O)C1. The molecule has 2 rings (SSSR count). The van der Waals surface area contributed by atoms with Crippen molar-refractivity contribution in [3.05, 3.63) is 0 Å². The van der Waals surface area contributed by atoms with E-state index in [-0.39, 0.29) is 5.91 Å². The van der Waals surface area contributed by atoms with Crippen LogP contribution in [0, 0.1) is 5.92 Å². The molecule has 19 heavy (non-hydrogen) atoms. The first-order valence-corrected chi connectivity index (χ1v) is 7.65. The summed E-state index contributed by atoms with van der Waals surface area (Å²) in [5, 5.41) is 3.45. The van der Waals surface area contributed by atoms with Crippen molar-refractivity contribution in [1.29, 1.82) is 0 Å². The predicted octanol–water partition coefficient (Wildman–Crippen LogP) is 1.49. The summed E-state index contributed by atoms with van der Waals surface area (Å²) in [5.74, 6) is 0.542. The van der Waals surface area contributed by atoms with Crippen LogP contribution in [0.1, 0.15) is 53.4 Å². The molecule has 0 bridgehead atoms. The fraction of sp³-hybridized carbons (Fsp3) is 0.933. The monoisotopic (exact) mass is 267 g/mol. The number of hydrogen-bond donors (Lipinski definition) is 2. The first-order chi connectivity index (χ1) is 8.82. The summed E-state index contributed by atoms with van der Waals surface area (Å²) in [6.45, 7) is 9.92. The summed E-state index contributed by atoms with van der Waals surface area (Å²) < 4.78 is 0. The van der Waals surface area contributed by atoms with Crippen molar-refractivity contribution in [3.63, 3.8) is 0 Å². The summed E-state index contributed by atoms with van der Waals surface area (Å²) in [6.07, 6.45) is 4.41. The van der Waals surface area contributed by atoms with Gasteiger partial charge in [0.05, 0.1) is 5.54 Å². The van der Waals surface area contributed by atoms with Gasteiger partial charge in [-0.2, -0.15) is 0 Å². The lowest BCUT2D eigenvalue weighted by molar-refractivity contribution is -0.124. The summed E-state index contributed by atoms with van der Waals surface area (Å²) >= 11 is 0. The largest absolute Gasteiger partial charge is 0.368 e. The molecule has 3 N–H and O–H groups in total. The molecule has 4 nitrogen and oxygen atoms in total. The van der Waals surface area contributed by atoms with E-state index >= 15 is 0 Å². The van der Waals surface area contributed by atoms with Gasteiger partial charge in [0.1, 0.15) is 0 Å². The van der Waals surface area contributed by atoms with Crippen LogP contribution in [0.3, 0.4) is 0 Å². The Morgan fingerprint density at radius 3 is 2.53 bits per heavy atom. The molecule has 0 radical (unpaired) electrons. The van der Waals surface area contributed by atoms with Gasteiger partial charge < -0.3 is 11.1 Å². The van der Waals surface area contributed by atoms with Gasteiger partial charge in [-0.05, 0) is 52.4 Å². The van der Waals surface area contributed by atoms with Gasteiger partial charge in [-0.1, -0.05) is 6.92 Å². The second-order valence-electron chi connectivity index (χ2n) is 7.05. The molecule has 0 aromatic carbocycles. The van der Waals surface area contributed by atoms with E-state index < -0.39 is 5.54 Å². The minimum atomic E-state index is -0.563. The zero-order valence-corrected chi connectivity index (χ0v) is 12.8. The fourth-order valence-corrected chi connectivity index (χ4v) is 3.56. The van der Waals surface area contributed by atoms with Crippen molar-refractivity contribution in [1.82, 2.24) is 10.2 Å². The molecule has 0 spiro atoms. The zero-order chi connectivity index (χ0) is 14.2. The van der Waals surface area contributed by atoms with Gasteiger partial charge in [0.2, 0.25) is 5.91 Å². The van der Waals surface area contributed by atoms with Crippen molar-refractivity contribution in [2.24, 2.45) is 11.7 Å². The van der Waals surface area contributed by atoms with Crippen LogP contribution in [-0.2, 0) is 4.79 Å². The summed E-state index contributed by atoms with van der Waals surface area (Å²) in [4.78, 5) is 14.4.